The molecule has 3 bridgehead atoms. The van der Waals surface area contributed by atoms with E-state index in [9.17, 15) is 39.6 Å². The summed E-state index contributed by atoms with van der Waals surface area (Å²) in [6.07, 6.45) is 14.2. The fourth-order valence-electron chi connectivity index (χ4n) is 16.3. The van der Waals surface area contributed by atoms with Gasteiger partial charge < -0.3 is 70.0 Å². The average molecular weight is 1100 g/mol. The number of esters is 1. The number of carbonyl (C=O) groups excluding carboxylic acids is 3. The highest BCUT2D eigenvalue weighted by molar-refractivity contribution is 6.29. The molecule has 1 saturated carbocycles. The number of carboxylic acid groups (broad SMARTS) is 1. The predicted molar refractivity (Wildman–Crippen MR) is 285 cm³/mol. The van der Waals surface area contributed by atoms with Crippen LogP contribution >= 0.6 is 0 Å². The van der Waals surface area contributed by atoms with Crippen LogP contribution in [0.25, 0.3) is 0 Å². The summed E-state index contributed by atoms with van der Waals surface area (Å²) in [5.41, 5.74) is 1.68. The van der Waals surface area contributed by atoms with E-state index in [0.717, 1.165) is 6.42 Å². The van der Waals surface area contributed by atoms with E-state index in [-0.39, 0.29) is 90.5 Å². The quantitative estimate of drug-likeness (QED) is 0.0796. The second-order valence-electron chi connectivity index (χ2n) is 25.9. The first-order valence-corrected chi connectivity index (χ1v) is 29.3. The molecule has 0 radical (unpaired) electrons. The molecule has 6 aliphatic heterocycles. The first-order valence-electron chi connectivity index (χ1n) is 29.3. The monoisotopic (exact) mass is 1100 g/mol. The number of amides is 1. The van der Waals surface area contributed by atoms with Gasteiger partial charge in [0.2, 0.25) is 0 Å². The minimum atomic E-state index is -1.58. The van der Waals surface area contributed by atoms with Gasteiger partial charge >= 0.3 is 11.9 Å². The number of ketones is 1. The number of nitrogens with two attached hydrogens (primary N) is 1. The molecular weight excluding hydrogens is 1020 g/mol. The lowest BCUT2D eigenvalue weighted by molar-refractivity contribution is -0.339. The number of ether oxygens (including phenoxy) is 7. The van der Waals surface area contributed by atoms with Gasteiger partial charge in [-0.3, -0.25) is 14.9 Å². The maximum Gasteiger partial charge on any atom is 0.354 e. The lowest BCUT2D eigenvalue weighted by atomic mass is 9.52. The largest absolute Gasteiger partial charge is 0.511 e. The topological polar surface area (TPSA) is 276 Å². The fourth-order valence-corrected chi connectivity index (χ4v) is 16.3. The number of nitrogens with one attached hydrogen (secondary N) is 3. The van der Waals surface area contributed by atoms with E-state index in [4.69, 9.17) is 38.9 Å². The molecule has 25 atom stereocenters. The van der Waals surface area contributed by atoms with Gasteiger partial charge in [-0.1, -0.05) is 83.1 Å². The molecule has 6 heterocycles. The molecule has 1 spiro atoms. The van der Waals surface area contributed by atoms with Gasteiger partial charge in [0.05, 0.1) is 54.4 Å². The third kappa shape index (κ3) is 10.0. The van der Waals surface area contributed by atoms with Crippen molar-refractivity contribution < 1.29 is 72.8 Å². The van der Waals surface area contributed by atoms with Crippen LogP contribution in [0.1, 0.15) is 126 Å². The second-order valence-corrected chi connectivity index (χ2v) is 25.9. The van der Waals surface area contributed by atoms with Crippen molar-refractivity contribution in [2.24, 2.45) is 58.0 Å². The van der Waals surface area contributed by atoms with Gasteiger partial charge in [-0.2, -0.15) is 0 Å². The Hall–Kier alpha value is -4.28. The summed E-state index contributed by atoms with van der Waals surface area (Å²) in [6.45, 7) is 14.7. The summed E-state index contributed by atoms with van der Waals surface area (Å²) in [5, 5.41) is 57.0. The molecule has 9 N–H and O–H groups in total. The van der Waals surface area contributed by atoms with Crippen LogP contribution in [0, 0.1) is 52.3 Å². The minimum Gasteiger partial charge on any atom is -0.511 e. The normalized spacial score (nSPS) is 49.2. The van der Waals surface area contributed by atoms with Crippen LogP contribution in [-0.2, 0) is 52.3 Å². The van der Waals surface area contributed by atoms with E-state index >= 15 is 0 Å². The van der Waals surface area contributed by atoms with Crippen molar-refractivity contribution in [2.45, 2.75) is 223 Å². The van der Waals surface area contributed by atoms with Crippen molar-refractivity contribution in [3.63, 3.8) is 0 Å². The van der Waals surface area contributed by atoms with E-state index in [1.54, 1.807) is 19.9 Å². The summed E-state index contributed by atoms with van der Waals surface area (Å²) in [5.74, 6) is -4.98. The molecule has 0 aromatic heterocycles. The number of aliphatic hydroxyl groups is 3. The SMILES string of the molecule is CCC1CC2(C)C=C(C(=O)O)C(C)C3(C2)NC(=O)C(=C(O)C2(C)C(C=CC4C(O[C@@H]5CC[C@H](O[C@H]6C[C@](C)(O)[C@H](O[C@H]7C[C@@H](OC(=O)C8=CC9C(N8)NC8C=CC=CC89)[C@@H](N)[C@@H](C)O7)[C@@H](C)O6)[C@H](C)O5)CCCC42)CC1O)C3=O. The highest BCUT2D eigenvalue weighted by Crippen LogP contribution is 2.59. The number of rotatable bonds is 10. The van der Waals surface area contributed by atoms with Crippen LogP contribution in [-0.4, -0.2) is 141 Å². The Morgan fingerprint density at radius 3 is 2.29 bits per heavy atom. The molecule has 5 aliphatic carbocycles. The summed E-state index contributed by atoms with van der Waals surface area (Å²) in [7, 11) is 0. The number of carbonyl (C=O) groups is 4. The van der Waals surface area contributed by atoms with Gasteiger partial charge in [0.1, 0.15) is 34.8 Å². The first-order chi connectivity index (χ1) is 37.4. The van der Waals surface area contributed by atoms with Gasteiger partial charge in [-0.05, 0) is 95.5 Å². The van der Waals surface area contributed by atoms with E-state index in [2.05, 4.69) is 34.2 Å². The molecule has 14 unspecified atom stereocenters. The maximum atomic E-state index is 15.0. The van der Waals surface area contributed by atoms with E-state index < -0.39 is 125 Å². The zero-order valence-electron chi connectivity index (χ0n) is 46.9. The van der Waals surface area contributed by atoms with Crippen molar-refractivity contribution in [1.82, 2.24) is 16.0 Å². The molecule has 6 fully saturated rings. The zero-order chi connectivity index (χ0) is 56.2. The van der Waals surface area contributed by atoms with Crippen molar-refractivity contribution in [1.29, 1.82) is 0 Å². The van der Waals surface area contributed by atoms with Crippen molar-refractivity contribution >= 4 is 23.6 Å². The molecule has 434 valence electrons. The number of hydrogen-bond donors (Lipinski definition) is 8. The summed E-state index contributed by atoms with van der Waals surface area (Å²) in [4.78, 5) is 55.5. The Morgan fingerprint density at radius 2 is 1.56 bits per heavy atom. The van der Waals surface area contributed by atoms with Gasteiger partial charge in [-0.15, -0.1) is 0 Å². The van der Waals surface area contributed by atoms with Crippen LogP contribution < -0.4 is 21.7 Å². The van der Waals surface area contributed by atoms with Gasteiger partial charge in [0, 0.05) is 60.0 Å². The van der Waals surface area contributed by atoms with Crippen LogP contribution in [0.2, 0.25) is 0 Å². The van der Waals surface area contributed by atoms with Crippen LogP contribution in [0.3, 0.4) is 0 Å². The van der Waals surface area contributed by atoms with E-state index in [1.807, 2.05) is 65.8 Å². The number of aliphatic hydroxyl groups excluding tert-OH is 2. The molecule has 1 amide bonds. The smallest absolute Gasteiger partial charge is 0.354 e. The third-order valence-corrected chi connectivity index (χ3v) is 20.7. The number of aliphatic carboxylic acids is 1. The Labute approximate surface area is 463 Å². The molecule has 11 aliphatic rings. The van der Waals surface area contributed by atoms with Crippen molar-refractivity contribution in [3.8, 4) is 0 Å². The van der Waals surface area contributed by atoms with Crippen LogP contribution in [0.5, 0.6) is 0 Å². The standard InChI is InChI=1S/C60H84N4O15/c1-9-32-24-57(6)25-37(55(69)70)28(2)60(27-57)51(67)48(54(68)64-60)50(66)59(8)33(21-41(32)65)17-18-35-38(59)14-12-16-43(35)77-45-20-19-42(29(3)73-45)76-47-26-58(7,72)52(31(5)75-47)79-46-23-44(49(61)30(4)74-46)78-56(71)40-22-36-34-13-10-11-15-39(34)62-53(36)63-40/h10-11,13,15,17-18,22,25,28-36,38-39,41-47,49,52-53,62-63,65-66,72H,9,12,14,16,19-21,23-24,26-27,61H2,1-8H3,(H,64,68)(H,69,70)/t28?,29-,30+,31+,32?,33?,34?,35?,36?,38?,39?,41?,42-,43?,44+,45+,46-,47-,49-,52+,53?,57?,58-,59?,60?/m0/s1. The number of fused-ring (bicyclic) bond motifs is 8. The lowest BCUT2D eigenvalue weighted by Crippen LogP contribution is -2.60. The van der Waals surface area contributed by atoms with Gasteiger partial charge in [-0.25, -0.2) is 9.59 Å². The summed E-state index contributed by atoms with van der Waals surface area (Å²) >= 11 is 0. The fraction of sp³-hybridized carbons (Fsp3) is 0.733. The van der Waals surface area contributed by atoms with Crippen molar-refractivity contribution in [3.05, 3.63) is 71.2 Å². The molecule has 5 saturated heterocycles. The highest BCUT2D eigenvalue weighted by Gasteiger charge is 2.63. The third-order valence-electron chi connectivity index (χ3n) is 20.7. The van der Waals surface area contributed by atoms with E-state index in [1.165, 1.54) is 0 Å². The predicted octanol–water partition coefficient (Wildman–Crippen LogP) is 5.17. The molecule has 0 aromatic rings. The second kappa shape index (κ2) is 21.2. The summed E-state index contributed by atoms with van der Waals surface area (Å²) in [6, 6.07) is -0.395. The lowest BCUT2D eigenvalue weighted by Gasteiger charge is -2.53. The summed E-state index contributed by atoms with van der Waals surface area (Å²) < 4.78 is 45.1. The number of allylic oxidation sites excluding steroid dienone is 5. The number of hydrogen-bond acceptors (Lipinski definition) is 17. The van der Waals surface area contributed by atoms with Crippen LogP contribution in [0.4, 0.5) is 0 Å². The minimum absolute atomic E-state index is 0.0381. The Balaban J connectivity index is 0.722. The zero-order valence-corrected chi connectivity index (χ0v) is 46.9. The average Bonchev–Trinajstić information content (AvgIpc) is 3.90. The van der Waals surface area contributed by atoms with Gasteiger partial charge in [0.15, 0.2) is 24.7 Å². The Morgan fingerprint density at radius 1 is 0.823 bits per heavy atom. The molecular formula is C60H84N4O15. The Bertz CT molecular complexity index is 2620. The number of Topliss-reactive ketones (excluding diaryl/α,β-unsaturated/α-hetero) is 1. The van der Waals surface area contributed by atoms with E-state index in [0.29, 0.717) is 44.2 Å². The molecule has 19 nitrogen and oxygen atoms in total. The molecule has 19 heteroatoms. The van der Waals surface area contributed by atoms with Crippen LogP contribution in [0.15, 0.2) is 71.2 Å². The van der Waals surface area contributed by atoms with Gasteiger partial charge in [0.25, 0.3) is 5.91 Å². The molecule has 11 rings (SSSR count). The first kappa shape index (κ1) is 56.6. The highest BCUT2D eigenvalue weighted by atomic mass is 16.7. The number of carboxylic acids is 1. The Kier molecular flexibility index (Phi) is 15.2. The van der Waals surface area contributed by atoms with Crippen molar-refractivity contribution in [2.75, 3.05) is 0 Å². The molecule has 79 heavy (non-hydrogen) atoms. The maximum absolute atomic E-state index is 15.0. The molecule has 0 aromatic carbocycles.